The van der Waals surface area contributed by atoms with Crippen molar-refractivity contribution in [1.82, 2.24) is 9.80 Å². The molecule has 1 aromatic rings. The number of benzene rings is 1. The van der Waals surface area contributed by atoms with E-state index in [2.05, 4.69) is 0 Å². The number of carbonyl (C=O) groups is 2. The zero-order valence-corrected chi connectivity index (χ0v) is 21.8. The number of nitrogens with zero attached hydrogens (tertiary/aromatic N) is 2. The Balaban J connectivity index is 2.37. The number of carbonyl (C=O) groups excluding carboxylic acids is 2. The van der Waals surface area contributed by atoms with Gasteiger partial charge < -0.3 is 29.5 Å². The molecule has 9 heteroatoms. The molecular formula is C27H41FN2O6. The summed E-state index contributed by atoms with van der Waals surface area (Å²) in [6.45, 7) is 6.55. The van der Waals surface area contributed by atoms with Crippen LogP contribution in [-0.2, 0) is 19.1 Å². The normalized spacial score (nSPS) is 25.2. The van der Waals surface area contributed by atoms with Gasteiger partial charge >= 0.3 is 0 Å². The molecule has 4 atom stereocenters. The molecule has 1 aliphatic rings. The summed E-state index contributed by atoms with van der Waals surface area (Å²) in [5.74, 6) is -0.667. The second-order valence-corrected chi connectivity index (χ2v) is 9.71. The smallest absolute Gasteiger partial charge is 0.246 e. The molecule has 0 aliphatic carbocycles. The molecule has 0 radical (unpaired) electrons. The van der Waals surface area contributed by atoms with E-state index >= 15 is 0 Å². The van der Waals surface area contributed by atoms with Crippen molar-refractivity contribution in [2.45, 2.75) is 64.4 Å². The van der Waals surface area contributed by atoms with Crippen molar-refractivity contribution in [3.8, 4) is 0 Å². The first kappa shape index (κ1) is 29.9. The Morgan fingerprint density at radius 3 is 2.58 bits per heavy atom. The SMILES string of the molecule is CO[C@@H]1CN(C(C)=O)C[C@@H](CC(C)C)N(C(=O)/C=C/c2ccccc2F)CCCCOC[C@@H](O)[C@H]1O. The number of methoxy groups -OCH3 is 1. The van der Waals surface area contributed by atoms with Gasteiger partial charge in [-0.2, -0.15) is 0 Å². The molecule has 0 saturated carbocycles. The van der Waals surface area contributed by atoms with Gasteiger partial charge in [0.05, 0.1) is 6.61 Å². The number of hydrogen-bond donors (Lipinski definition) is 2. The van der Waals surface area contributed by atoms with E-state index in [0.717, 1.165) is 0 Å². The first-order valence-corrected chi connectivity index (χ1v) is 12.6. The van der Waals surface area contributed by atoms with Crippen molar-refractivity contribution in [2.24, 2.45) is 5.92 Å². The van der Waals surface area contributed by atoms with Crippen LogP contribution < -0.4 is 0 Å². The molecule has 0 spiro atoms. The summed E-state index contributed by atoms with van der Waals surface area (Å²) >= 11 is 0. The van der Waals surface area contributed by atoms with Crippen molar-refractivity contribution in [3.05, 3.63) is 41.7 Å². The van der Waals surface area contributed by atoms with Crippen LogP contribution in [-0.4, -0.2) is 96.1 Å². The van der Waals surface area contributed by atoms with Gasteiger partial charge in [0.15, 0.2) is 0 Å². The van der Waals surface area contributed by atoms with Crippen molar-refractivity contribution >= 4 is 17.9 Å². The molecule has 1 aliphatic heterocycles. The fraction of sp³-hybridized carbons (Fsp3) is 0.630. The van der Waals surface area contributed by atoms with Crippen molar-refractivity contribution in [3.63, 3.8) is 0 Å². The monoisotopic (exact) mass is 508 g/mol. The number of aliphatic hydroxyl groups excluding tert-OH is 2. The Bertz CT molecular complexity index is 864. The maximum absolute atomic E-state index is 14.1. The standard InChI is InChI=1S/C27H41FN2O6/c1-19(2)15-22-16-29(20(3)31)17-25(35-4)27(34)24(32)18-36-14-8-7-13-30(22)26(33)12-11-21-9-5-6-10-23(21)28/h5-6,9-12,19,22,24-25,27,32,34H,7-8,13-18H2,1-4H3/b12-11+/t22-,24-,25-,27-/m1/s1. The molecule has 1 fully saturated rings. The minimum absolute atomic E-state index is 0.0474. The largest absolute Gasteiger partial charge is 0.388 e. The quantitative estimate of drug-likeness (QED) is 0.593. The second kappa shape index (κ2) is 15.0. The lowest BCUT2D eigenvalue weighted by Gasteiger charge is -2.38. The molecule has 8 nitrogen and oxygen atoms in total. The summed E-state index contributed by atoms with van der Waals surface area (Å²) in [6.07, 6.45) is 1.55. The first-order valence-electron chi connectivity index (χ1n) is 12.6. The summed E-state index contributed by atoms with van der Waals surface area (Å²) < 4.78 is 25.0. The zero-order chi connectivity index (χ0) is 26.7. The molecule has 202 valence electrons. The van der Waals surface area contributed by atoms with Gasteiger partial charge in [-0.25, -0.2) is 4.39 Å². The Labute approximate surface area is 213 Å². The van der Waals surface area contributed by atoms with Gasteiger partial charge in [0.1, 0.15) is 24.1 Å². The highest BCUT2D eigenvalue weighted by atomic mass is 19.1. The second-order valence-electron chi connectivity index (χ2n) is 9.71. The van der Waals surface area contributed by atoms with Crippen molar-refractivity contribution < 1.29 is 33.7 Å². The molecule has 36 heavy (non-hydrogen) atoms. The van der Waals surface area contributed by atoms with Crippen LogP contribution in [0.2, 0.25) is 0 Å². The lowest BCUT2D eigenvalue weighted by atomic mass is 10.00. The molecule has 2 amide bonds. The van der Waals surface area contributed by atoms with Crippen LogP contribution in [0.3, 0.4) is 0 Å². The fourth-order valence-electron chi connectivity index (χ4n) is 4.35. The number of ether oxygens (including phenoxy) is 2. The fourth-order valence-corrected chi connectivity index (χ4v) is 4.35. The minimum Gasteiger partial charge on any atom is -0.388 e. The molecule has 0 aromatic heterocycles. The Hall–Kier alpha value is -2.33. The summed E-state index contributed by atoms with van der Waals surface area (Å²) in [5.41, 5.74) is 0.322. The molecular weight excluding hydrogens is 467 g/mol. The van der Waals surface area contributed by atoms with E-state index in [0.29, 0.717) is 38.0 Å². The van der Waals surface area contributed by atoms with Gasteiger partial charge in [0.2, 0.25) is 11.8 Å². The van der Waals surface area contributed by atoms with Gasteiger partial charge in [-0.3, -0.25) is 9.59 Å². The van der Waals surface area contributed by atoms with Crippen LogP contribution >= 0.6 is 0 Å². The Morgan fingerprint density at radius 2 is 1.94 bits per heavy atom. The van der Waals surface area contributed by atoms with Crippen LogP contribution in [0.4, 0.5) is 4.39 Å². The maximum Gasteiger partial charge on any atom is 0.246 e. The van der Waals surface area contributed by atoms with E-state index in [1.165, 1.54) is 32.3 Å². The average Bonchev–Trinajstić information content (AvgIpc) is 2.83. The predicted octanol–water partition coefficient (Wildman–Crippen LogP) is 2.48. The lowest BCUT2D eigenvalue weighted by Crippen LogP contribution is -2.53. The maximum atomic E-state index is 14.1. The predicted molar refractivity (Wildman–Crippen MR) is 136 cm³/mol. The van der Waals surface area contributed by atoms with Crippen LogP contribution in [0.15, 0.2) is 30.3 Å². The average molecular weight is 509 g/mol. The first-order chi connectivity index (χ1) is 17.1. The highest BCUT2D eigenvalue weighted by Crippen LogP contribution is 2.18. The van der Waals surface area contributed by atoms with E-state index in [1.54, 1.807) is 28.0 Å². The molecule has 0 bridgehead atoms. The third-order valence-electron chi connectivity index (χ3n) is 6.36. The van der Waals surface area contributed by atoms with Gasteiger partial charge in [-0.15, -0.1) is 0 Å². The molecule has 0 unspecified atom stereocenters. The topological polar surface area (TPSA) is 99.5 Å². The molecule has 2 N–H and O–H groups in total. The van der Waals surface area contributed by atoms with E-state index in [1.807, 2.05) is 13.8 Å². The Kier molecular flexibility index (Phi) is 12.5. The Morgan fingerprint density at radius 1 is 1.22 bits per heavy atom. The molecule has 2 rings (SSSR count). The third kappa shape index (κ3) is 9.28. The van der Waals surface area contributed by atoms with Gasteiger partial charge in [-0.05, 0) is 37.3 Å². The van der Waals surface area contributed by atoms with Crippen molar-refractivity contribution in [2.75, 3.05) is 40.0 Å². The number of halogens is 1. The van der Waals surface area contributed by atoms with Gasteiger partial charge in [-0.1, -0.05) is 32.0 Å². The summed E-state index contributed by atoms with van der Waals surface area (Å²) in [6, 6.07) is 5.94. The zero-order valence-electron chi connectivity index (χ0n) is 21.8. The van der Waals surface area contributed by atoms with E-state index in [4.69, 9.17) is 9.47 Å². The number of rotatable bonds is 5. The van der Waals surface area contributed by atoms with Gasteiger partial charge in [0.25, 0.3) is 0 Å². The number of amides is 2. The summed E-state index contributed by atoms with van der Waals surface area (Å²) in [5, 5.41) is 20.9. The molecule has 1 aromatic carbocycles. The lowest BCUT2D eigenvalue weighted by molar-refractivity contribution is -0.140. The summed E-state index contributed by atoms with van der Waals surface area (Å²) in [4.78, 5) is 29.3. The van der Waals surface area contributed by atoms with Crippen LogP contribution in [0.1, 0.15) is 45.6 Å². The van der Waals surface area contributed by atoms with Crippen LogP contribution in [0.25, 0.3) is 6.08 Å². The third-order valence-corrected chi connectivity index (χ3v) is 6.36. The number of aliphatic hydroxyl groups is 2. The van der Waals surface area contributed by atoms with Gasteiger partial charge in [0, 0.05) is 58.0 Å². The van der Waals surface area contributed by atoms with E-state index < -0.39 is 24.1 Å². The highest BCUT2D eigenvalue weighted by Gasteiger charge is 2.32. The molecule has 1 heterocycles. The van der Waals surface area contributed by atoms with Crippen LogP contribution in [0, 0.1) is 11.7 Å². The minimum atomic E-state index is -1.25. The van der Waals surface area contributed by atoms with Crippen molar-refractivity contribution in [1.29, 1.82) is 0 Å². The van der Waals surface area contributed by atoms with Crippen LogP contribution in [0.5, 0.6) is 0 Å². The molecule has 1 saturated heterocycles. The van der Waals surface area contributed by atoms with E-state index in [-0.39, 0.29) is 43.5 Å². The number of hydrogen-bond acceptors (Lipinski definition) is 6. The summed E-state index contributed by atoms with van der Waals surface area (Å²) in [7, 11) is 1.41. The van der Waals surface area contributed by atoms with E-state index in [9.17, 15) is 24.2 Å². The highest BCUT2D eigenvalue weighted by molar-refractivity contribution is 5.92.